The van der Waals surface area contributed by atoms with Crippen LogP contribution in [0.25, 0.3) is 0 Å². The van der Waals surface area contributed by atoms with Crippen molar-refractivity contribution < 1.29 is 13.2 Å². The molecule has 0 aromatic carbocycles. The average molecular weight is 276 g/mol. The summed E-state index contributed by atoms with van der Waals surface area (Å²) in [6, 6.07) is 0. The lowest BCUT2D eigenvalue weighted by Gasteiger charge is -2.33. The van der Waals surface area contributed by atoms with Gasteiger partial charge in [-0.3, -0.25) is 4.79 Å². The van der Waals surface area contributed by atoms with Gasteiger partial charge in [0.15, 0.2) is 9.84 Å². The second kappa shape index (κ2) is 6.02. The van der Waals surface area contributed by atoms with Crippen LogP contribution in [-0.4, -0.2) is 37.4 Å². The standard InChI is InChI=1S/C12H24N2O3S/c1-3-12(4-2,9-13)14-11(15)10-7-5-6-8-18(10,16)17/h10H,3-9,13H2,1-2H3,(H,14,15). The van der Waals surface area contributed by atoms with Crippen LogP contribution in [0.1, 0.15) is 46.0 Å². The van der Waals surface area contributed by atoms with Crippen molar-refractivity contribution in [1.29, 1.82) is 0 Å². The van der Waals surface area contributed by atoms with Crippen molar-refractivity contribution in [3.63, 3.8) is 0 Å². The molecule has 1 heterocycles. The van der Waals surface area contributed by atoms with Gasteiger partial charge in [0.25, 0.3) is 0 Å². The van der Waals surface area contributed by atoms with Crippen molar-refractivity contribution in [1.82, 2.24) is 5.32 Å². The van der Waals surface area contributed by atoms with Gasteiger partial charge in [-0.05, 0) is 25.7 Å². The topological polar surface area (TPSA) is 89.3 Å². The van der Waals surface area contributed by atoms with Gasteiger partial charge in [0.2, 0.25) is 5.91 Å². The summed E-state index contributed by atoms with van der Waals surface area (Å²) in [5.41, 5.74) is 5.24. The Labute approximate surface area is 109 Å². The zero-order valence-corrected chi connectivity index (χ0v) is 12.1. The molecule has 1 aliphatic rings. The summed E-state index contributed by atoms with van der Waals surface area (Å²) < 4.78 is 23.8. The predicted octanol–water partition coefficient (Wildman–Crippen LogP) is 0.587. The number of carbonyl (C=O) groups excluding carboxylic acids is 1. The molecule has 0 spiro atoms. The largest absolute Gasteiger partial charge is 0.348 e. The second-order valence-electron chi connectivity index (χ2n) is 5.03. The van der Waals surface area contributed by atoms with Crippen molar-refractivity contribution in [2.24, 2.45) is 5.73 Å². The monoisotopic (exact) mass is 276 g/mol. The lowest BCUT2D eigenvalue weighted by molar-refractivity contribution is -0.122. The molecule has 1 aliphatic heterocycles. The van der Waals surface area contributed by atoms with Crippen LogP contribution in [0.3, 0.4) is 0 Å². The van der Waals surface area contributed by atoms with Crippen LogP contribution in [0.5, 0.6) is 0 Å². The van der Waals surface area contributed by atoms with E-state index in [1.807, 2.05) is 13.8 Å². The molecule has 1 rings (SSSR count). The fraction of sp³-hybridized carbons (Fsp3) is 0.917. The molecule has 1 atom stereocenters. The Morgan fingerprint density at radius 3 is 2.39 bits per heavy atom. The number of hydrogen-bond donors (Lipinski definition) is 2. The minimum Gasteiger partial charge on any atom is -0.348 e. The molecule has 6 heteroatoms. The van der Waals surface area contributed by atoms with Crippen LogP contribution in [0.15, 0.2) is 0 Å². The van der Waals surface area contributed by atoms with Gasteiger partial charge in [0.05, 0.1) is 11.3 Å². The van der Waals surface area contributed by atoms with Gasteiger partial charge >= 0.3 is 0 Å². The van der Waals surface area contributed by atoms with Gasteiger partial charge in [-0.1, -0.05) is 20.3 Å². The Balaban J connectivity index is 2.81. The minimum atomic E-state index is -3.27. The average Bonchev–Trinajstić information content (AvgIpc) is 2.35. The van der Waals surface area contributed by atoms with Gasteiger partial charge in [-0.15, -0.1) is 0 Å². The maximum atomic E-state index is 12.2. The molecule has 0 saturated carbocycles. The van der Waals surface area contributed by atoms with Crippen molar-refractivity contribution in [3.05, 3.63) is 0 Å². The van der Waals surface area contributed by atoms with Crippen molar-refractivity contribution in [2.45, 2.75) is 56.7 Å². The molecule has 0 bridgehead atoms. The van der Waals surface area contributed by atoms with E-state index in [1.165, 1.54) is 0 Å². The van der Waals surface area contributed by atoms with E-state index in [9.17, 15) is 13.2 Å². The van der Waals surface area contributed by atoms with E-state index in [4.69, 9.17) is 5.73 Å². The number of nitrogens with two attached hydrogens (primary N) is 1. The highest BCUT2D eigenvalue weighted by molar-refractivity contribution is 7.92. The number of sulfone groups is 1. The van der Waals surface area contributed by atoms with Crippen molar-refractivity contribution in [2.75, 3.05) is 12.3 Å². The van der Waals surface area contributed by atoms with E-state index in [2.05, 4.69) is 5.32 Å². The van der Waals surface area contributed by atoms with Crippen LogP contribution in [0, 0.1) is 0 Å². The first kappa shape index (κ1) is 15.4. The molecule has 1 saturated heterocycles. The summed E-state index contributed by atoms with van der Waals surface area (Å²) in [6.45, 7) is 4.23. The Kier molecular flexibility index (Phi) is 5.16. The van der Waals surface area contributed by atoms with Crippen molar-refractivity contribution >= 4 is 15.7 Å². The third kappa shape index (κ3) is 3.23. The molecular formula is C12H24N2O3S. The molecule has 0 aromatic rings. The summed E-state index contributed by atoms with van der Waals surface area (Å²) in [5, 5.41) is 1.98. The lowest BCUT2D eigenvalue weighted by atomic mass is 9.92. The summed E-state index contributed by atoms with van der Waals surface area (Å²) in [4.78, 5) is 12.2. The van der Waals surface area contributed by atoms with Crippen molar-refractivity contribution in [3.8, 4) is 0 Å². The summed E-state index contributed by atoms with van der Waals surface area (Å²) in [6.07, 6.45) is 3.31. The Bertz CT molecular complexity index is 380. The number of rotatable bonds is 5. The molecule has 18 heavy (non-hydrogen) atoms. The first-order valence-corrected chi connectivity index (χ1v) is 8.36. The highest BCUT2D eigenvalue weighted by Crippen LogP contribution is 2.21. The van der Waals surface area contributed by atoms with E-state index in [-0.39, 0.29) is 11.7 Å². The lowest BCUT2D eigenvalue weighted by Crippen LogP contribution is -2.57. The van der Waals surface area contributed by atoms with E-state index in [0.29, 0.717) is 32.2 Å². The van der Waals surface area contributed by atoms with Crippen LogP contribution < -0.4 is 11.1 Å². The summed E-state index contributed by atoms with van der Waals surface area (Å²) >= 11 is 0. The van der Waals surface area contributed by atoms with Gasteiger partial charge in [0.1, 0.15) is 5.25 Å². The predicted molar refractivity (Wildman–Crippen MR) is 71.9 cm³/mol. The molecule has 0 radical (unpaired) electrons. The Morgan fingerprint density at radius 1 is 1.33 bits per heavy atom. The van der Waals surface area contributed by atoms with Gasteiger partial charge in [0, 0.05) is 6.54 Å². The molecule has 3 N–H and O–H groups in total. The van der Waals surface area contributed by atoms with E-state index in [0.717, 1.165) is 6.42 Å². The number of nitrogens with one attached hydrogen (secondary N) is 1. The van der Waals surface area contributed by atoms with Crippen LogP contribution in [0.2, 0.25) is 0 Å². The summed E-state index contributed by atoms with van der Waals surface area (Å²) in [7, 11) is -3.27. The first-order chi connectivity index (χ1) is 8.40. The first-order valence-electron chi connectivity index (χ1n) is 6.64. The van der Waals surface area contributed by atoms with Crippen LogP contribution in [0.4, 0.5) is 0 Å². The molecule has 1 fully saturated rings. The van der Waals surface area contributed by atoms with Gasteiger partial charge in [-0.2, -0.15) is 0 Å². The zero-order valence-electron chi connectivity index (χ0n) is 11.2. The number of carbonyl (C=O) groups is 1. The van der Waals surface area contributed by atoms with Crippen LogP contribution >= 0.6 is 0 Å². The number of hydrogen-bond acceptors (Lipinski definition) is 4. The number of amides is 1. The molecule has 0 aromatic heterocycles. The highest BCUT2D eigenvalue weighted by Gasteiger charge is 2.38. The molecule has 1 unspecified atom stereocenters. The smallest absolute Gasteiger partial charge is 0.238 e. The fourth-order valence-electron chi connectivity index (χ4n) is 2.36. The zero-order chi connectivity index (χ0) is 13.8. The highest BCUT2D eigenvalue weighted by atomic mass is 32.2. The maximum absolute atomic E-state index is 12.2. The third-order valence-electron chi connectivity index (χ3n) is 4.00. The maximum Gasteiger partial charge on any atom is 0.238 e. The van der Waals surface area contributed by atoms with E-state index in [1.54, 1.807) is 0 Å². The molecule has 1 amide bonds. The molecule has 106 valence electrons. The SMILES string of the molecule is CCC(CC)(CN)NC(=O)C1CCCCS1(=O)=O. The van der Waals surface area contributed by atoms with E-state index < -0.39 is 20.6 Å². The van der Waals surface area contributed by atoms with Gasteiger partial charge < -0.3 is 11.1 Å². The molecule has 5 nitrogen and oxygen atoms in total. The fourth-order valence-corrected chi connectivity index (χ4v) is 4.16. The minimum absolute atomic E-state index is 0.124. The summed E-state index contributed by atoms with van der Waals surface area (Å²) in [5.74, 6) is -0.247. The van der Waals surface area contributed by atoms with Gasteiger partial charge in [-0.25, -0.2) is 8.42 Å². The van der Waals surface area contributed by atoms with Crippen LogP contribution in [-0.2, 0) is 14.6 Å². The Hall–Kier alpha value is -0.620. The normalized spacial score (nSPS) is 23.6. The molecular weight excluding hydrogens is 252 g/mol. The second-order valence-corrected chi connectivity index (χ2v) is 7.34. The molecule has 0 aliphatic carbocycles. The van der Waals surface area contributed by atoms with E-state index >= 15 is 0 Å². The Morgan fingerprint density at radius 2 is 1.94 bits per heavy atom. The quantitative estimate of drug-likeness (QED) is 0.769. The third-order valence-corrected chi connectivity index (χ3v) is 6.18.